The van der Waals surface area contributed by atoms with Gasteiger partial charge < -0.3 is 10.5 Å². The molecule has 5 nitrogen and oxygen atoms in total. The Morgan fingerprint density at radius 1 is 1.50 bits per heavy atom. The Kier molecular flexibility index (Phi) is 3.23. The number of nitrogens with two attached hydrogens (primary N) is 1. The Balaban J connectivity index is 2.24. The zero-order valence-corrected chi connectivity index (χ0v) is 12.0. The van der Waals surface area contributed by atoms with Gasteiger partial charge in [-0.1, -0.05) is 12.1 Å². The van der Waals surface area contributed by atoms with E-state index in [1.165, 1.54) is 0 Å². The van der Waals surface area contributed by atoms with Crippen LogP contribution in [0.4, 0.5) is 0 Å². The molecule has 0 radical (unpaired) electrons. The molecule has 2 N–H and O–H groups in total. The first kappa shape index (κ1) is 13.5. The molecule has 1 aliphatic heterocycles. The van der Waals surface area contributed by atoms with Gasteiger partial charge in [0.15, 0.2) is 0 Å². The quantitative estimate of drug-likeness (QED) is 0.895. The van der Waals surface area contributed by atoms with Crippen LogP contribution in [-0.4, -0.2) is 26.2 Å². The van der Waals surface area contributed by atoms with Crippen LogP contribution < -0.4 is 5.73 Å². The summed E-state index contributed by atoms with van der Waals surface area (Å²) >= 11 is 0. The van der Waals surface area contributed by atoms with E-state index >= 15 is 0 Å². The molecule has 0 spiro atoms. The van der Waals surface area contributed by atoms with Crippen LogP contribution in [0.15, 0.2) is 6.20 Å². The molecule has 1 aromatic heterocycles. The maximum atomic E-state index is 6.08. The molecule has 0 aliphatic carbocycles. The van der Waals surface area contributed by atoms with Gasteiger partial charge in [-0.2, -0.15) is 0 Å². The maximum absolute atomic E-state index is 6.08. The topological polar surface area (TPSA) is 66.0 Å². The predicted octanol–water partition coefficient (Wildman–Crippen LogP) is 2.21. The fourth-order valence-electron chi connectivity index (χ4n) is 2.77. The van der Waals surface area contributed by atoms with Gasteiger partial charge >= 0.3 is 0 Å². The molecular weight excluding hydrogens is 228 g/mol. The van der Waals surface area contributed by atoms with Gasteiger partial charge in [-0.05, 0) is 34.1 Å². The number of ether oxygens (including phenoxy) is 1. The third-order valence-corrected chi connectivity index (χ3v) is 3.69. The van der Waals surface area contributed by atoms with Crippen LogP contribution in [0.5, 0.6) is 0 Å². The van der Waals surface area contributed by atoms with Gasteiger partial charge in [0.25, 0.3) is 0 Å². The molecule has 0 bridgehead atoms. The van der Waals surface area contributed by atoms with E-state index in [2.05, 4.69) is 44.9 Å². The predicted molar refractivity (Wildman–Crippen MR) is 70.1 cm³/mol. The van der Waals surface area contributed by atoms with Crippen molar-refractivity contribution in [1.82, 2.24) is 15.0 Å². The summed E-state index contributed by atoms with van der Waals surface area (Å²) in [4.78, 5) is 0. The summed E-state index contributed by atoms with van der Waals surface area (Å²) in [7, 11) is 0. The second-order valence-corrected chi connectivity index (χ2v) is 6.32. The molecule has 5 heteroatoms. The lowest BCUT2D eigenvalue weighted by Gasteiger charge is -2.26. The van der Waals surface area contributed by atoms with Crippen molar-refractivity contribution in [2.24, 2.45) is 5.73 Å². The van der Waals surface area contributed by atoms with E-state index in [0.717, 1.165) is 18.5 Å². The van der Waals surface area contributed by atoms with Crippen LogP contribution in [0, 0.1) is 0 Å². The number of hydrogen-bond acceptors (Lipinski definition) is 4. The summed E-state index contributed by atoms with van der Waals surface area (Å²) in [6.45, 7) is 10.5. The number of aromatic nitrogens is 3. The molecule has 0 saturated carbocycles. The Morgan fingerprint density at radius 2 is 2.17 bits per heavy atom. The normalized spacial score (nSPS) is 27.3. The van der Waals surface area contributed by atoms with Gasteiger partial charge in [0.05, 0.1) is 35.2 Å². The van der Waals surface area contributed by atoms with Crippen LogP contribution >= 0.6 is 0 Å². The lowest BCUT2D eigenvalue weighted by atomic mass is 9.95. The van der Waals surface area contributed by atoms with E-state index in [1.807, 2.05) is 10.9 Å². The molecule has 1 aliphatic rings. The zero-order chi connectivity index (χ0) is 13.6. The van der Waals surface area contributed by atoms with Crippen LogP contribution in [-0.2, 0) is 4.74 Å². The lowest BCUT2D eigenvalue weighted by molar-refractivity contribution is -0.0738. The molecule has 2 rings (SSSR count). The number of rotatable bonds is 3. The van der Waals surface area contributed by atoms with E-state index in [-0.39, 0.29) is 23.3 Å². The first-order valence-electron chi connectivity index (χ1n) is 6.62. The minimum Gasteiger partial charge on any atom is -0.367 e. The molecule has 1 aromatic rings. The van der Waals surface area contributed by atoms with E-state index in [0.29, 0.717) is 0 Å². The van der Waals surface area contributed by atoms with Crippen molar-refractivity contribution in [3.05, 3.63) is 11.9 Å². The van der Waals surface area contributed by atoms with Crippen molar-refractivity contribution in [2.45, 2.75) is 70.7 Å². The number of hydrogen-bond donors (Lipinski definition) is 1. The molecule has 0 aromatic carbocycles. The summed E-state index contributed by atoms with van der Waals surface area (Å²) in [5, 5.41) is 8.41. The van der Waals surface area contributed by atoms with Gasteiger partial charge in [-0.15, -0.1) is 5.10 Å². The Labute approximate surface area is 109 Å². The summed E-state index contributed by atoms with van der Waals surface area (Å²) in [5.41, 5.74) is 6.49. The highest BCUT2D eigenvalue weighted by Gasteiger charge is 2.47. The summed E-state index contributed by atoms with van der Waals surface area (Å²) in [5.74, 6) is 0. The van der Waals surface area contributed by atoms with Gasteiger partial charge in [0.2, 0.25) is 0 Å². The second kappa shape index (κ2) is 4.31. The Hall–Kier alpha value is -0.940. The van der Waals surface area contributed by atoms with Gasteiger partial charge in [0.1, 0.15) is 0 Å². The average Bonchev–Trinajstić information content (AvgIpc) is 2.79. The molecule has 18 heavy (non-hydrogen) atoms. The van der Waals surface area contributed by atoms with Crippen molar-refractivity contribution in [3.8, 4) is 0 Å². The van der Waals surface area contributed by atoms with Crippen LogP contribution in [0.2, 0.25) is 0 Å². The molecule has 2 unspecified atom stereocenters. The highest BCUT2D eigenvalue weighted by atomic mass is 16.5. The molecule has 2 heterocycles. The standard InChI is InChI=1S/C13H24N4O/c1-6-9(14)10-8-17(16-15-10)11-7-12(2,3)18-13(11,4)5/h8-9,11H,6-7,14H2,1-5H3. The molecular formula is C13H24N4O. The van der Waals surface area contributed by atoms with E-state index in [4.69, 9.17) is 10.5 Å². The SMILES string of the molecule is CCC(N)c1cn(C2CC(C)(C)OC2(C)C)nn1. The highest BCUT2D eigenvalue weighted by molar-refractivity contribution is 5.04. The molecule has 1 saturated heterocycles. The fourth-order valence-corrected chi connectivity index (χ4v) is 2.77. The van der Waals surface area contributed by atoms with Gasteiger partial charge in [-0.25, -0.2) is 4.68 Å². The fraction of sp³-hybridized carbons (Fsp3) is 0.846. The molecule has 0 amide bonds. The van der Waals surface area contributed by atoms with Crippen molar-refractivity contribution in [1.29, 1.82) is 0 Å². The van der Waals surface area contributed by atoms with Crippen LogP contribution in [0.25, 0.3) is 0 Å². The van der Waals surface area contributed by atoms with Gasteiger partial charge in [0, 0.05) is 6.42 Å². The largest absolute Gasteiger partial charge is 0.367 e. The number of nitrogens with zero attached hydrogens (tertiary/aromatic N) is 3. The van der Waals surface area contributed by atoms with Crippen molar-refractivity contribution >= 4 is 0 Å². The minimum absolute atomic E-state index is 0.0304. The molecule has 102 valence electrons. The second-order valence-electron chi connectivity index (χ2n) is 6.32. The van der Waals surface area contributed by atoms with Crippen molar-refractivity contribution < 1.29 is 4.74 Å². The monoisotopic (exact) mass is 252 g/mol. The smallest absolute Gasteiger partial charge is 0.0994 e. The van der Waals surface area contributed by atoms with Crippen LogP contribution in [0.3, 0.4) is 0 Å². The molecule has 2 atom stereocenters. The van der Waals surface area contributed by atoms with E-state index in [1.54, 1.807) is 0 Å². The highest BCUT2D eigenvalue weighted by Crippen LogP contribution is 2.44. The Bertz CT molecular complexity index is 424. The van der Waals surface area contributed by atoms with Crippen molar-refractivity contribution in [2.75, 3.05) is 0 Å². The lowest BCUT2D eigenvalue weighted by Crippen LogP contribution is -2.31. The summed E-state index contributed by atoms with van der Waals surface area (Å²) < 4.78 is 8.00. The van der Waals surface area contributed by atoms with Crippen molar-refractivity contribution in [3.63, 3.8) is 0 Å². The van der Waals surface area contributed by atoms with E-state index < -0.39 is 0 Å². The van der Waals surface area contributed by atoms with Gasteiger partial charge in [-0.3, -0.25) is 0 Å². The first-order valence-corrected chi connectivity index (χ1v) is 6.62. The van der Waals surface area contributed by atoms with E-state index in [9.17, 15) is 0 Å². The average molecular weight is 252 g/mol. The zero-order valence-electron chi connectivity index (χ0n) is 12.0. The van der Waals surface area contributed by atoms with Crippen LogP contribution in [0.1, 0.15) is 65.2 Å². The summed E-state index contributed by atoms with van der Waals surface area (Å²) in [6.07, 6.45) is 3.77. The molecule has 1 fully saturated rings. The third kappa shape index (κ3) is 2.42. The Morgan fingerprint density at radius 3 is 2.67 bits per heavy atom. The summed E-state index contributed by atoms with van der Waals surface area (Å²) in [6, 6.07) is 0.176. The minimum atomic E-state index is -0.231. The maximum Gasteiger partial charge on any atom is 0.0994 e. The first-order chi connectivity index (χ1) is 8.25. The third-order valence-electron chi connectivity index (χ3n) is 3.69.